The molecule has 1 atom stereocenters. The van der Waals surface area contributed by atoms with Crippen molar-refractivity contribution in [2.45, 2.75) is 51.2 Å². The minimum absolute atomic E-state index is 0.102. The Bertz CT molecular complexity index is 1260. The summed E-state index contributed by atoms with van der Waals surface area (Å²) in [4.78, 5) is 26.8. The number of Topliss-reactive ketones (excluding diaryl/α,β-unsaturated/α-hetero) is 1. The van der Waals surface area contributed by atoms with E-state index < -0.39 is 6.09 Å². The molecule has 2 aromatic heterocycles. The number of alkyl carbamates (subject to hydrolysis) is 1. The maximum absolute atomic E-state index is 12.7. The van der Waals surface area contributed by atoms with Crippen molar-refractivity contribution in [3.63, 3.8) is 0 Å². The Morgan fingerprint density at radius 2 is 2.20 bits per heavy atom. The minimum Gasteiger partial charge on any atom is -0.497 e. The molecule has 0 fully saturated rings. The largest absolute Gasteiger partial charge is 0.497 e. The number of thiophene rings is 1. The van der Waals surface area contributed by atoms with Crippen LogP contribution in [0.25, 0.3) is 0 Å². The van der Waals surface area contributed by atoms with Crippen molar-refractivity contribution in [1.29, 1.82) is 5.26 Å². The van der Waals surface area contributed by atoms with Crippen molar-refractivity contribution in [3.8, 4) is 11.8 Å². The molecule has 1 aliphatic rings. The summed E-state index contributed by atoms with van der Waals surface area (Å²) in [6.45, 7) is 0.340. The number of carbonyl (C=O) groups is 2. The third-order valence-corrected chi connectivity index (χ3v) is 7.45. The number of hydrogen-bond donors (Lipinski definition) is 1. The van der Waals surface area contributed by atoms with Gasteiger partial charge < -0.3 is 14.8 Å². The fourth-order valence-corrected chi connectivity index (χ4v) is 5.68. The van der Waals surface area contributed by atoms with Gasteiger partial charge in [-0.05, 0) is 48.6 Å². The SMILES string of the molecule is COc1cccc(CCC(=O)Cc2sc3c(c2C#N)CCC(OC(=O)NCc2ccnn2C)C3)c1. The third-order valence-electron chi connectivity index (χ3n) is 6.20. The van der Waals surface area contributed by atoms with E-state index in [0.29, 0.717) is 44.2 Å². The van der Waals surface area contributed by atoms with Gasteiger partial charge in [0.15, 0.2) is 0 Å². The van der Waals surface area contributed by atoms with Gasteiger partial charge in [0.2, 0.25) is 0 Å². The fraction of sp³-hybridized carbons (Fsp3) is 0.385. The molecule has 1 aromatic carbocycles. The standard InChI is InChI=1S/C26H28N4O4S/c1-30-18(10-11-29-30)16-28-26(32)34-21-8-9-22-23(15-27)24(35-25(22)14-21)13-19(31)7-6-17-4-3-5-20(12-17)33-2/h3-5,10-12,21H,6-9,13-14,16H2,1-2H3,(H,28,32). The number of fused-ring (bicyclic) bond motifs is 1. The molecule has 8 nitrogen and oxygen atoms in total. The van der Waals surface area contributed by atoms with Gasteiger partial charge in [0.1, 0.15) is 23.7 Å². The average molecular weight is 493 g/mol. The van der Waals surface area contributed by atoms with Crippen molar-refractivity contribution in [2.75, 3.05) is 7.11 Å². The number of nitrogens with one attached hydrogen (secondary N) is 1. The molecule has 1 N–H and O–H groups in total. The van der Waals surface area contributed by atoms with E-state index in [1.54, 1.807) is 18.0 Å². The molecule has 182 valence electrons. The van der Waals surface area contributed by atoms with E-state index in [4.69, 9.17) is 9.47 Å². The molecule has 0 saturated carbocycles. The summed E-state index contributed by atoms with van der Waals surface area (Å²) in [6, 6.07) is 11.8. The maximum Gasteiger partial charge on any atom is 0.407 e. The zero-order valence-corrected chi connectivity index (χ0v) is 20.7. The highest BCUT2D eigenvalue weighted by Crippen LogP contribution is 2.35. The van der Waals surface area contributed by atoms with Crippen molar-refractivity contribution in [2.24, 2.45) is 7.05 Å². The van der Waals surface area contributed by atoms with Crippen LogP contribution in [0.1, 0.15) is 45.0 Å². The number of carbonyl (C=O) groups excluding carboxylic acids is 2. The number of methoxy groups -OCH3 is 1. The molecule has 1 amide bonds. The molecule has 35 heavy (non-hydrogen) atoms. The molecule has 1 aliphatic carbocycles. The normalized spacial score (nSPS) is 14.6. The second-order valence-corrected chi connectivity index (χ2v) is 9.74. The molecule has 0 bridgehead atoms. The number of amides is 1. The highest BCUT2D eigenvalue weighted by Gasteiger charge is 2.28. The van der Waals surface area contributed by atoms with Gasteiger partial charge in [0, 0.05) is 42.3 Å². The van der Waals surface area contributed by atoms with Gasteiger partial charge in [0.05, 0.1) is 24.9 Å². The quantitative estimate of drug-likeness (QED) is 0.486. The highest BCUT2D eigenvalue weighted by molar-refractivity contribution is 7.12. The van der Waals surface area contributed by atoms with E-state index in [2.05, 4.69) is 16.5 Å². The van der Waals surface area contributed by atoms with Crippen LogP contribution in [0.3, 0.4) is 0 Å². The van der Waals surface area contributed by atoms with Crippen LogP contribution in [0.15, 0.2) is 36.5 Å². The second-order valence-electron chi connectivity index (χ2n) is 8.55. The zero-order chi connectivity index (χ0) is 24.8. The van der Waals surface area contributed by atoms with Gasteiger partial charge in [-0.3, -0.25) is 9.48 Å². The Hall–Kier alpha value is -3.64. The molecule has 0 radical (unpaired) electrons. The number of benzene rings is 1. The van der Waals surface area contributed by atoms with Crippen LogP contribution >= 0.6 is 11.3 Å². The number of hydrogen-bond acceptors (Lipinski definition) is 7. The summed E-state index contributed by atoms with van der Waals surface area (Å²) in [5.74, 6) is 0.875. The van der Waals surface area contributed by atoms with E-state index in [-0.39, 0.29) is 18.3 Å². The van der Waals surface area contributed by atoms with Gasteiger partial charge >= 0.3 is 6.09 Å². The second kappa shape index (κ2) is 11.2. The van der Waals surface area contributed by atoms with Gasteiger partial charge in [-0.15, -0.1) is 11.3 Å². The lowest BCUT2D eigenvalue weighted by molar-refractivity contribution is -0.118. The molecule has 0 aliphatic heterocycles. The Morgan fingerprint density at radius 3 is 2.94 bits per heavy atom. The average Bonchev–Trinajstić information content (AvgIpc) is 3.43. The van der Waals surface area contributed by atoms with Gasteiger partial charge in [-0.1, -0.05) is 12.1 Å². The Balaban J connectivity index is 1.32. The lowest BCUT2D eigenvalue weighted by Gasteiger charge is -2.22. The predicted octanol–water partition coefficient (Wildman–Crippen LogP) is 3.89. The van der Waals surface area contributed by atoms with E-state index in [9.17, 15) is 14.9 Å². The van der Waals surface area contributed by atoms with Gasteiger partial charge in [-0.25, -0.2) is 4.79 Å². The topological polar surface area (TPSA) is 106 Å². The van der Waals surface area contributed by atoms with Crippen molar-refractivity contribution in [1.82, 2.24) is 15.1 Å². The number of rotatable bonds is 9. The number of ketones is 1. The molecule has 0 spiro atoms. The van der Waals surface area contributed by atoms with Crippen LogP contribution < -0.4 is 10.1 Å². The number of aromatic nitrogens is 2. The predicted molar refractivity (Wildman–Crippen MR) is 131 cm³/mol. The first-order chi connectivity index (χ1) is 17.0. The Kier molecular flexibility index (Phi) is 7.83. The zero-order valence-electron chi connectivity index (χ0n) is 19.9. The summed E-state index contributed by atoms with van der Waals surface area (Å²) in [6.07, 6.45) is 4.12. The van der Waals surface area contributed by atoms with Crippen LogP contribution in [0.5, 0.6) is 5.75 Å². The van der Waals surface area contributed by atoms with Crippen LogP contribution in [0.4, 0.5) is 4.79 Å². The van der Waals surface area contributed by atoms with Gasteiger partial charge in [0.25, 0.3) is 0 Å². The molecule has 9 heteroatoms. The minimum atomic E-state index is -0.468. The number of nitriles is 1. The number of aryl methyl sites for hydroxylation is 2. The van der Waals surface area contributed by atoms with E-state index in [1.807, 2.05) is 37.4 Å². The Labute approximate surface area is 208 Å². The van der Waals surface area contributed by atoms with Crippen molar-refractivity contribution in [3.05, 3.63) is 68.7 Å². The summed E-state index contributed by atoms with van der Waals surface area (Å²) in [5.41, 5.74) is 3.55. The highest BCUT2D eigenvalue weighted by atomic mass is 32.1. The lowest BCUT2D eigenvalue weighted by atomic mass is 9.92. The summed E-state index contributed by atoms with van der Waals surface area (Å²) in [5, 5.41) is 16.6. The summed E-state index contributed by atoms with van der Waals surface area (Å²) >= 11 is 1.50. The molecule has 3 aromatic rings. The molecule has 0 saturated heterocycles. The van der Waals surface area contributed by atoms with E-state index >= 15 is 0 Å². The first-order valence-electron chi connectivity index (χ1n) is 11.6. The number of ether oxygens (including phenoxy) is 2. The monoisotopic (exact) mass is 492 g/mol. The van der Waals surface area contributed by atoms with Crippen LogP contribution in [0, 0.1) is 11.3 Å². The van der Waals surface area contributed by atoms with Crippen molar-refractivity contribution >= 4 is 23.2 Å². The van der Waals surface area contributed by atoms with Crippen molar-refractivity contribution < 1.29 is 19.1 Å². The molecular weight excluding hydrogens is 464 g/mol. The van der Waals surface area contributed by atoms with E-state index in [1.165, 1.54) is 11.3 Å². The first-order valence-corrected chi connectivity index (χ1v) is 12.4. The molecule has 4 rings (SSSR count). The number of nitrogens with zero attached hydrogens (tertiary/aromatic N) is 3. The molecular formula is C26H28N4O4S. The lowest BCUT2D eigenvalue weighted by Crippen LogP contribution is -2.32. The summed E-state index contributed by atoms with van der Waals surface area (Å²) in [7, 11) is 3.44. The molecule has 1 unspecified atom stereocenters. The summed E-state index contributed by atoms with van der Waals surface area (Å²) < 4.78 is 12.6. The van der Waals surface area contributed by atoms with Crippen LogP contribution in [-0.4, -0.2) is 34.9 Å². The fourth-order valence-electron chi connectivity index (χ4n) is 4.28. The van der Waals surface area contributed by atoms with Gasteiger partial charge in [-0.2, -0.15) is 10.4 Å². The smallest absolute Gasteiger partial charge is 0.407 e. The van der Waals surface area contributed by atoms with Crippen LogP contribution in [0.2, 0.25) is 0 Å². The molecule has 2 heterocycles. The third kappa shape index (κ3) is 6.08. The van der Waals surface area contributed by atoms with E-state index in [0.717, 1.165) is 32.3 Å². The maximum atomic E-state index is 12.7. The van der Waals surface area contributed by atoms with Crippen LogP contribution in [-0.2, 0) is 48.8 Å². The first kappa shape index (κ1) is 24.5. The Morgan fingerprint density at radius 1 is 1.34 bits per heavy atom.